The van der Waals surface area contributed by atoms with Gasteiger partial charge in [-0.25, -0.2) is 4.99 Å². The maximum atomic E-state index is 12.7. The zero-order valence-electron chi connectivity index (χ0n) is 18.3. The van der Waals surface area contributed by atoms with Gasteiger partial charge in [0.15, 0.2) is 5.78 Å². The number of amides is 1. The molecule has 2 aromatic rings. The van der Waals surface area contributed by atoms with Crippen molar-refractivity contribution in [3.63, 3.8) is 0 Å². The van der Waals surface area contributed by atoms with Crippen molar-refractivity contribution < 1.29 is 23.5 Å². The maximum absolute atomic E-state index is 12.7. The molecule has 1 unspecified atom stereocenters. The van der Waals surface area contributed by atoms with E-state index in [2.05, 4.69) is 16.4 Å². The lowest BCUT2D eigenvalue weighted by Crippen LogP contribution is -2.31. The number of ether oxygens (including phenoxy) is 2. The summed E-state index contributed by atoms with van der Waals surface area (Å²) >= 11 is 1.20. The SMILES string of the molecule is COc1ccc(NC(=O)CSC2=NC3=C(C(=O)CCC3)[C@H](c3ccco3)C2C#N)c(OC)c1. The van der Waals surface area contributed by atoms with E-state index in [-0.39, 0.29) is 17.4 Å². The topological polar surface area (TPSA) is 114 Å². The summed E-state index contributed by atoms with van der Waals surface area (Å²) in [6, 6.07) is 10.9. The van der Waals surface area contributed by atoms with Crippen LogP contribution in [0.2, 0.25) is 0 Å². The Labute approximate surface area is 195 Å². The van der Waals surface area contributed by atoms with Crippen molar-refractivity contribution in [2.24, 2.45) is 10.9 Å². The second-order valence-corrected chi connectivity index (χ2v) is 8.59. The smallest absolute Gasteiger partial charge is 0.234 e. The average Bonchev–Trinajstić information content (AvgIpc) is 3.36. The molecule has 0 bridgehead atoms. The van der Waals surface area contributed by atoms with E-state index in [4.69, 9.17) is 13.9 Å². The molecule has 2 heterocycles. The number of hydrogen-bond acceptors (Lipinski definition) is 8. The van der Waals surface area contributed by atoms with E-state index in [0.29, 0.717) is 52.1 Å². The third-order valence-corrected chi connectivity index (χ3v) is 6.65. The molecule has 1 aromatic carbocycles. The van der Waals surface area contributed by atoms with Gasteiger partial charge in [0.2, 0.25) is 5.91 Å². The highest BCUT2D eigenvalue weighted by Crippen LogP contribution is 2.44. The van der Waals surface area contributed by atoms with Gasteiger partial charge in [0.1, 0.15) is 23.2 Å². The number of nitrogens with zero attached hydrogens (tertiary/aromatic N) is 2. The molecule has 2 atom stereocenters. The first kappa shape index (κ1) is 22.7. The molecule has 1 amide bonds. The van der Waals surface area contributed by atoms with Crippen LogP contribution in [0, 0.1) is 17.2 Å². The summed E-state index contributed by atoms with van der Waals surface area (Å²) in [6.07, 6.45) is 3.36. The summed E-state index contributed by atoms with van der Waals surface area (Å²) < 4.78 is 16.1. The van der Waals surface area contributed by atoms with Gasteiger partial charge in [-0.2, -0.15) is 5.26 Å². The lowest BCUT2D eigenvalue weighted by Gasteiger charge is -2.31. The molecule has 1 N–H and O–H groups in total. The maximum Gasteiger partial charge on any atom is 0.234 e. The van der Waals surface area contributed by atoms with Crippen LogP contribution in [-0.4, -0.2) is 36.7 Å². The number of rotatable bonds is 6. The second-order valence-electron chi connectivity index (χ2n) is 7.59. The highest BCUT2D eigenvalue weighted by Gasteiger charge is 2.42. The third kappa shape index (κ3) is 4.66. The molecule has 1 aliphatic carbocycles. The summed E-state index contributed by atoms with van der Waals surface area (Å²) in [7, 11) is 3.07. The van der Waals surface area contributed by atoms with Crippen LogP contribution in [0.15, 0.2) is 57.3 Å². The fraction of sp³-hybridized carbons (Fsp3) is 0.333. The van der Waals surface area contributed by atoms with Gasteiger partial charge in [-0.15, -0.1) is 0 Å². The minimum atomic E-state index is -0.703. The van der Waals surface area contributed by atoms with Gasteiger partial charge < -0.3 is 19.2 Å². The van der Waals surface area contributed by atoms with E-state index in [1.54, 1.807) is 37.4 Å². The van der Waals surface area contributed by atoms with Crippen LogP contribution < -0.4 is 14.8 Å². The van der Waals surface area contributed by atoms with Crippen molar-refractivity contribution >= 4 is 34.2 Å². The van der Waals surface area contributed by atoms with Crippen molar-refractivity contribution in [2.45, 2.75) is 25.2 Å². The molecule has 0 fully saturated rings. The predicted octanol–water partition coefficient (Wildman–Crippen LogP) is 4.31. The second kappa shape index (κ2) is 9.96. The van der Waals surface area contributed by atoms with E-state index in [0.717, 1.165) is 6.42 Å². The Hall–Kier alpha value is -3.51. The predicted molar refractivity (Wildman–Crippen MR) is 125 cm³/mol. The van der Waals surface area contributed by atoms with Crippen molar-refractivity contribution in [3.05, 3.63) is 53.6 Å². The van der Waals surface area contributed by atoms with Crippen LogP contribution in [-0.2, 0) is 9.59 Å². The number of benzene rings is 1. The summed E-state index contributed by atoms with van der Waals surface area (Å²) in [6.45, 7) is 0. The molecule has 170 valence electrons. The fourth-order valence-electron chi connectivity index (χ4n) is 4.08. The Kier molecular flexibility index (Phi) is 6.84. The number of Topliss-reactive ketones (excluding diaryl/α,β-unsaturated/α-hetero) is 1. The summed E-state index contributed by atoms with van der Waals surface area (Å²) in [5.41, 5.74) is 1.78. The highest BCUT2D eigenvalue weighted by molar-refractivity contribution is 8.14. The average molecular weight is 466 g/mol. The molecule has 0 spiro atoms. The van der Waals surface area contributed by atoms with Gasteiger partial charge in [-0.05, 0) is 37.1 Å². The number of carbonyl (C=O) groups is 2. The number of hydrogen-bond donors (Lipinski definition) is 1. The van der Waals surface area contributed by atoms with Crippen molar-refractivity contribution in [2.75, 3.05) is 25.3 Å². The molecule has 0 radical (unpaired) electrons. The van der Waals surface area contributed by atoms with Crippen LogP contribution in [0.3, 0.4) is 0 Å². The number of carbonyl (C=O) groups excluding carboxylic acids is 2. The van der Waals surface area contributed by atoms with Crippen molar-refractivity contribution in [1.82, 2.24) is 0 Å². The largest absolute Gasteiger partial charge is 0.497 e. The van der Waals surface area contributed by atoms with E-state index >= 15 is 0 Å². The van der Waals surface area contributed by atoms with Gasteiger partial charge in [0.25, 0.3) is 0 Å². The Morgan fingerprint density at radius 2 is 2.15 bits per heavy atom. The lowest BCUT2D eigenvalue weighted by molar-refractivity contribution is -0.116. The van der Waals surface area contributed by atoms with Crippen molar-refractivity contribution in [3.8, 4) is 17.6 Å². The highest BCUT2D eigenvalue weighted by atomic mass is 32.2. The Bertz CT molecular complexity index is 1160. The van der Waals surface area contributed by atoms with Crippen LogP contribution >= 0.6 is 11.8 Å². The minimum Gasteiger partial charge on any atom is -0.497 e. The van der Waals surface area contributed by atoms with Crippen LogP contribution in [0.25, 0.3) is 0 Å². The summed E-state index contributed by atoms with van der Waals surface area (Å²) in [5, 5.41) is 13.3. The zero-order valence-corrected chi connectivity index (χ0v) is 19.1. The van der Waals surface area contributed by atoms with Crippen LogP contribution in [0.1, 0.15) is 30.9 Å². The number of allylic oxidation sites excluding steroid dienone is 2. The molecular weight excluding hydrogens is 442 g/mol. The first-order valence-electron chi connectivity index (χ1n) is 10.5. The number of furan rings is 1. The van der Waals surface area contributed by atoms with Crippen molar-refractivity contribution in [1.29, 1.82) is 5.26 Å². The number of methoxy groups -OCH3 is 2. The first-order chi connectivity index (χ1) is 16.0. The lowest BCUT2D eigenvalue weighted by atomic mass is 9.76. The van der Waals surface area contributed by atoms with Crippen LogP contribution in [0.5, 0.6) is 11.5 Å². The molecule has 4 rings (SSSR count). The Balaban J connectivity index is 1.54. The first-order valence-corrected chi connectivity index (χ1v) is 11.5. The van der Waals surface area contributed by atoms with Gasteiger partial charge in [-0.1, -0.05) is 11.8 Å². The number of ketones is 1. The molecule has 0 saturated heterocycles. The van der Waals surface area contributed by atoms with Gasteiger partial charge in [0.05, 0.1) is 49.0 Å². The van der Waals surface area contributed by atoms with Crippen LogP contribution in [0.4, 0.5) is 5.69 Å². The van der Waals surface area contributed by atoms with Gasteiger partial charge in [-0.3, -0.25) is 9.59 Å². The molecule has 8 nitrogen and oxygen atoms in total. The quantitative estimate of drug-likeness (QED) is 0.676. The molecule has 0 saturated carbocycles. The Morgan fingerprint density at radius 3 is 2.85 bits per heavy atom. The Morgan fingerprint density at radius 1 is 1.30 bits per heavy atom. The molecule has 2 aliphatic rings. The standard InChI is InChI=1S/C24H23N3O5S/c1-30-14-8-9-16(20(11-14)31-2)26-21(29)13-33-24-15(12-25)22(19-7-4-10-32-19)23-17(27-24)5-3-6-18(23)28/h4,7-11,15,22H,3,5-6,13H2,1-2H3,(H,26,29)/t15?,22-/m0/s1. The van der Waals surface area contributed by atoms with E-state index in [1.807, 2.05) is 0 Å². The minimum absolute atomic E-state index is 0.00930. The van der Waals surface area contributed by atoms with Gasteiger partial charge in [0, 0.05) is 23.8 Å². The summed E-state index contributed by atoms with van der Waals surface area (Å²) in [4.78, 5) is 30.0. The molecule has 33 heavy (non-hydrogen) atoms. The van der Waals surface area contributed by atoms with E-state index < -0.39 is 11.8 Å². The zero-order chi connectivity index (χ0) is 23.4. The molecule has 1 aliphatic heterocycles. The monoisotopic (exact) mass is 465 g/mol. The van der Waals surface area contributed by atoms with E-state index in [1.165, 1.54) is 25.1 Å². The number of thioether (sulfide) groups is 1. The number of nitrogens with one attached hydrogen (secondary N) is 1. The molecular formula is C24H23N3O5S. The summed E-state index contributed by atoms with van der Waals surface area (Å²) in [5.74, 6) is 0.224. The third-order valence-electron chi connectivity index (χ3n) is 5.61. The van der Waals surface area contributed by atoms with E-state index in [9.17, 15) is 14.9 Å². The fourth-order valence-corrected chi connectivity index (χ4v) is 4.98. The number of nitriles is 1. The number of aliphatic imine (C=N–C) groups is 1. The van der Waals surface area contributed by atoms with Gasteiger partial charge >= 0.3 is 0 Å². The molecule has 9 heteroatoms. The molecule has 1 aromatic heterocycles. The normalized spacial score (nSPS) is 19.9. The number of anilines is 1.